The van der Waals surface area contributed by atoms with Crippen LogP contribution in [0.4, 0.5) is 4.39 Å². The van der Waals surface area contributed by atoms with Gasteiger partial charge in [0.25, 0.3) is 0 Å². The lowest BCUT2D eigenvalue weighted by molar-refractivity contribution is 0.584. The maximum Gasteiger partial charge on any atom is 0.212 e. The molecule has 0 N–H and O–H groups in total. The van der Waals surface area contributed by atoms with Crippen molar-refractivity contribution in [1.82, 2.24) is 24.6 Å². The summed E-state index contributed by atoms with van der Waals surface area (Å²) in [6, 6.07) is 13.0. The van der Waals surface area contributed by atoms with Crippen LogP contribution in [0.15, 0.2) is 73.4 Å². The highest BCUT2D eigenvalue weighted by molar-refractivity contribution is 5.97. The van der Waals surface area contributed by atoms with Crippen molar-refractivity contribution in [2.75, 3.05) is 0 Å². The number of nitrogens with zero attached hydrogens (tertiary/aromatic N) is 5. The Morgan fingerprint density at radius 2 is 1.69 bits per heavy atom. The number of halogens is 1. The molecule has 6 heteroatoms. The van der Waals surface area contributed by atoms with Gasteiger partial charge < -0.3 is 0 Å². The molecule has 5 nitrogen and oxygen atoms in total. The first kappa shape index (κ1) is 14.7. The van der Waals surface area contributed by atoms with Gasteiger partial charge in [-0.3, -0.25) is 4.98 Å². The highest BCUT2D eigenvalue weighted by Crippen LogP contribution is 2.30. The van der Waals surface area contributed by atoms with Gasteiger partial charge in [0.15, 0.2) is 5.65 Å². The first-order valence-corrected chi connectivity index (χ1v) is 8.09. The van der Waals surface area contributed by atoms with Gasteiger partial charge in [0.1, 0.15) is 0 Å². The van der Waals surface area contributed by atoms with Crippen LogP contribution in [0.3, 0.4) is 0 Å². The number of fused-ring (bicyclic) bond motifs is 2. The highest BCUT2D eigenvalue weighted by Gasteiger charge is 2.12. The van der Waals surface area contributed by atoms with Gasteiger partial charge in [0.2, 0.25) is 5.95 Å². The van der Waals surface area contributed by atoms with Gasteiger partial charge in [-0.25, -0.2) is 14.5 Å². The highest BCUT2D eigenvalue weighted by atomic mass is 19.1. The van der Waals surface area contributed by atoms with Crippen LogP contribution in [0.2, 0.25) is 0 Å². The zero-order valence-corrected chi connectivity index (χ0v) is 13.5. The second-order valence-electron chi connectivity index (χ2n) is 5.91. The van der Waals surface area contributed by atoms with Gasteiger partial charge in [0.05, 0.1) is 11.7 Å². The standard InChI is InChI=1S/C20H12FN5/c21-19-7-6-13(9-23-19)14-10-24-20-17(11-25-26(20)12-14)15-3-1-5-18-16(15)4-2-8-22-18/h1-12H. The largest absolute Gasteiger partial charge is 0.256 e. The van der Waals surface area contributed by atoms with E-state index < -0.39 is 5.95 Å². The van der Waals surface area contributed by atoms with Crippen molar-refractivity contribution in [3.63, 3.8) is 0 Å². The summed E-state index contributed by atoms with van der Waals surface area (Å²) >= 11 is 0. The van der Waals surface area contributed by atoms with Crippen molar-refractivity contribution in [3.8, 4) is 22.3 Å². The predicted octanol–water partition coefficient (Wildman–Crippen LogP) is 4.15. The molecule has 4 heterocycles. The number of rotatable bonds is 2. The minimum atomic E-state index is -0.506. The summed E-state index contributed by atoms with van der Waals surface area (Å²) in [4.78, 5) is 12.7. The van der Waals surface area contributed by atoms with Crippen molar-refractivity contribution in [2.24, 2.45) is 0 Å². The third-order valence-electron chi connectivity index (χ3n) is 4.35. The van der Waals surface area contributed by atoms with Gasteiger partial charge >= 0.3 is 0 Å². The van der Waals surface area contributed by atoms with Crippen LogP contribution in [0.5, 0.6) is 0 Å². The van der Waals surface area contributed by atoms with Crippen molar-refractivity contribution < 1.29 is 4.39 Å². The van der Waals surface area contributed by atoms with Crippen molar-refractivity contribution >= 4 is 16.6 Å². The number of hydrogen-bond acceptors (Lipinski definition) is 4. The molecule has 0 bridgehead atoms. The fraction of sp³-hybridized carbons (Fsp3) is 0. The topological polar surface area (TPSA) is 56.0 Å². The van der Waals surface area contributed by atoms with Crippen LogP contribution >= 0.6 is 0 Å². The lowest BCUT2D eigenvalue weighted by Gasteiger charge is -2.05. The average Bonchev–Trinajstić information content (AvgIpc) is 3.11. The van der Waals surface area contributed by atoms with Crippen molar-refractivity contribution in [3.05, 3.63) is 79.4 Å². The Labute approximate surface area is 147 Å². The minimum absolute atomic E-state index is 0.506. The zero-order valence-electron chi connectivity index (χ0n) is 13.5. The first-order chi connectivity index (χ1) is 12.8. The van der Waals surface area contributed by atoms with Gasteiger partial charge in [-0.1, -0.05) is 18.2 Å². The number of aromatic nitrogens is 5. The minimum Gasteiger partial charge on any atom is -0.256 e. The van der Waals surface area contributed by atoms with Crippen molar-refractivity contribution in [2.45, 2.75) is 0 Å². The Morgan fingerprint density at radius 3 is 2.58 bits per heavy atom. The Balaban J connectivity index is 1.67. The molecular weight excluding hydrogens is 329 g/mol. The fourth-order valence-corrected chi connectivity index (χ4v) is 3.10. The van der Waals surface area contributed by atoms with Crippen LogP contribution in [0.1, 0.15) is 0 Å². The van der Waals surface area contributed by atoms with E-state index in [1.54, 1.807) is 29.2 Å². The number of hydrogen-bond donors (Lipinski definition) is 0. The van der Waals surface area contributed by atoms with Crippen LogP contribution in [-0.2, 0) is 0 Å². The first-order valence-electron chi connectivity index (χ1n) is 8.09. The zero-order chi connectivity index (χ0) is 17.5. The summed E-state index contributed by atoms with van der Waals surface area (Å²) in [6.45, 7) is 0. The molecule has 0 aliphatic carbocycles. The second kappa shape index (κ2) is 5.70. The molecule has 0 spiro atoms. The van der Waals surface area contributed by atoms with E-state index in [1.165, 1.54) is 12.3 Å². The lowest BCUT2D eigenvalue weighted by atomic mass is 10.0. The summed E-state index contributed by atoms with van der Waals surface area (Å²) in [6.07, 6.45) is 8.68. The summed E-state index contributed by atoms with van der Waals surface area (Å²) in [5, 5.41) is 5.50. The lowest BCUT2D eigenvalue weighted by Crippen LogP contribution is -1.93. The number of benzene rings is 1. The summed E-state index contributed by atoms with van der Waals surface area (Å²) in [5.41, 5.74) is 5.26. The quantitative estimate of drug-likeness (QED) is 0.453. The molecule has 0 saturated heterocycles. The van der Waals surface area contributed by atoms with E-state index in [0.29, 0.717) is 0 Å². The van der Waals surface area contributed by atoms with Crippen LogP contribution in [-0.4, -0.2) is 24.6 Å². The average molecular weight is 341 g/mol. The van der Waals surface area contributed by atoms with E-state index in [2.05, 4.69) is 20.1 Å². The molecule has 5 rings (SSSR count). The summed E-state index contributed by atoms with van der Waals surface area (Å²) in [7, 11) is 0. The predicted molar refractivity (Wildman–Crippen MR) is 96.9 cm³/mol. The van der Waals surface area contributed by atoms with E-state index in [4.69, 9.17) is 0 Å². The molecule has 4 aromatic heterocycles. The maximum absolute atomic E-state index is 13.0. The van der Waals surface area contributed by atoms with Crippen molar-refractivity contribution in [1.29, 1.82) is 0 Å². The SMILES string of the molecule is Fc1ccc(-c2cnc3c(-c4cccc5ncccc45)cnn3c2)cn1. The molecule has 0 aliphatic rings. The van der Waals surface area contributed by atoms with Crippen LogP contribution in [0.25, 0.3) is 38.8 Å². The Bertz CT molecular complexity index is 1240. The molecule has 5 aromatic rings. The molecule has 0 saturated carbocycles. The third-order valence-corrected chi connectivity index (χ3v) is 4.35. The summed E-state index contributed by atoms with van der Waals surface area (Å²) in [5.74, 6) is -0.506. The Hall–Kier alpha value is -3.67. The van der Waals surface area contributed by atoms with Gasteiger partial charge in [0, 0.05) is 46.9 Å². The van der Waals surface area contributed by atoms with Gasteiger partial charge in [-0.2, -0.15) is 9.49 Å². The van der Waals surface area contributed by atoms with E-state index >= 15 is 0 Å². The maximum atomic E-state index is 13.0. The third kappa shape index (κ3) is 2.31. The summed E-state index contributed by atoms with van der Waals surface area (Å²) < 4.78 is 14.8. The molecule has 0 radical (unpaired) electrons. The monoisotopic (exact) mass is 341 g/mol. The van der Waals surface area contributed by atoms with E-state index in [1.807, 2.05) is 36.5 Å². The van der Waals surface area contributed by atoms with Crippen LogP contribution < -0.4 is 0 Å². The smallest absolute Gasteiger partial charge is 0.212 e. The normalized spacial score (nSPS) is 11.3. The molecule has 0 aliphatic heterocycles. The molecular formula is C20H12FN5. The van der Waals surface area contributed by atoms with E-state index in [0.717, 1.165) is 38.8 Å². The van der Waals surface area contributed by atoms with Gasteiger partial charge in [-0.15, -0.1) is 0 Å². The fourth-order valence-electron chi connectivity index (χ4n) is 3.10. The molecule has 0 fully saturated rings. The molecule has 0 unspecified atom stereocenters. The molecule has 124 valence electrons. The van der Waals surface area contributed by atoms with Crippen LogP contribution in [0, 0.1) is 5.95 Å². The second-order valence-corrected chi connectivity index (χ2v) is 5.91. The molecule has 0 amide bonds. The molecule has 26 heavy (non-hydrogen) atoms. The van der Waals surface area contributed by atoms with Gasteiger partial charge in [-0.05, 0) is 29.8 Å². The molecule has 1 aromatic carbocycles. The Kier molecular flexibility index (Phi) is 3.21. The number of pyridine rings is 2. The van der Waals surface area contributed by atoms with E-state index in [9.17, 15) is 4.39 Å². The van der Waals surface area contributed by atoms with E-state index in [-0.39, 0.29) is 0 Å². The molecule has 0 atom stereocenters. The Morgan fingerprint density at radius 1 is 0.769 bits per heavy atom.